The van der Waals surface area contributed by atoms with E-state index in [1.807, 2.05) is 0 Å². The first-order valence-electron chi connectivity index (χ1n) is 9.99. The number of thioether (sulfide) groups is 1. The van der Waals surface area contributed by atoms with E-state index in [9.17, 15) is 9.18 Å². The van der Waals surface area contributed by atoms with E-state index in [4.69, 9.17) is 21.3 Å². The smallest absolute Gasteiger partial charge is 0.252 e. The monoisotopic (exact) mass is 464 g/mol. The molecule has 11 heteroatoms. The highest BCUT2D eigenvalue weighted by atomic mass is 35.5. The largest absolute Gasteiger partial charge is 0.378 e. The Labute approximate surface area is 188 Å². The third kappa shape index (κ3) is 4.91. The average Bonchev–Trinajstić information content (AvgIpc) is 3.17. The lowest BCUT2D eigenvalue weighted by Gasteiger charge is -2.28. The van der Waals surface area contributed by atoms with Gasteiger partial charge in [-0.05, 0) is 24.0 Å². The number of fused-ring (bicyclic) bond motifs is 1. The molecule has 0 saturated carbocycles. The Bertz CT molecular complexity index is 1090. The van der Waals surface area contributed by atoms with Gasteiger partial charge in [0.1, 0.15) is 11.6 Å². The molecule has 4 rings (SSSR count). The molecule has 0 spiro atoms. The van der Waals surface area contributed by atoms with Crippen molar-refractivity contribution in [2.75, 3.05) is 43.5 Å². The Morgan fingerprint density at radius 2 is 2.13 bits per heavy atom. The summed E-state index contributed by atoms with van der Waals surface area (Å²) in [6.45, 7) is 5.64. The van der Waals surface area contributed by atoms with Crippen LogP contribution in [0.3, 0.4) is 0 Å². The number of hydrogen-bond acceptors (Lipinski definition) is 7. The van der Waals surface area contributed by atoms with Gasteiger partial charge in [0.25, 0.3) is 5.91 Å². The molecule has 3 aromatic rings. The molecule has 1 saturated heterocycles. The zero-order chi connectivity index (χ0) is 21.8. The fraction of sp³-hybridized carbons (Fsp3) is 0.400. The van der Waals surface area contributed by atoms with E-state index in [0.29, 0.717) is 31.5 Å². The molecule has 0 bridgehead atoms. The molecule has 31 heavy (non-hydrogen) atoms. The minimum atomic E-state index is -0.485. The molecule has 8 nitrogen and oxygen atoms in total. The minimum absolute atomic E-state index is 0.0752. The predicted molar refractivity (Wildman–Crippen MR) is 118 cm³/mol. The third-order valence-electron chi connectivity index (χ3n) is 4.82. The Balaban J connectivity index is 1.52. The van der Waals surface area contributed by atoms with Gasteiger partial charge in [0.05, 0.1) is 41.9 Å². The fourth-order valence-corrected chi connectivity index (χ4v) is 4.15. The standard InChI is InChI=1S/C20H22ClFN6O2S/c1-2-31-20-25-17(27-7-9-30-10-8-27)15-12-24-28(18(15)26-20)6-5-23-19(29)14-4-3-13(22)11-16(14)21/h3-4,11-12H,2,5-10H2,1H3,(H,23,29). The molecule has 2 aromatic heterocycles. The van der Waals surface area contributed by atoms with E-state index < -0.39 is 5.82 Å². The lowest BCUT2D eigenvalue weighted by Crippen LogP contribution is -2.37. The number of carbonyl (C=O) groups excluding carboxylic acids is 1. The van der Waals surface area contributed by atoms with E-state index in [1.54, 1.807) is 22.6 Å². The summed E-state index contributed by atoms with van der Waals surface area (Å²) in [5, 5.41) is 8.91. The number of nitrogens with one attached hydrogen (secondary N) is 1. The summed E-state index contributed by atoms with van der Waals surface area (Å²) in [6.07, 6.45) is 1.76. The molecule has 1 aliphatic rings. The second-order valence-corrected chi connectivity index (χ2v) is 8.49. The van der Waals surface area contributed by atoms with Crippen LogP contribution in [0, 0.1) is 5.82 Å². The van der Waals surface area contributed by atoms with Crippen molar-refractivity contribution in [1.82, 2.24) is 25.1 Å². The van der Waals surface area contributed by atoms with Crippen molar-refractivity contribution >= 4 is 46.1 Å². The van der Waals surface area contributed by atoms with Crippen LogP contribution in [0.25, 0.3) is 11.0 Å². The number of rotatable bonds is 7. The summed E-state index contributed by atoms with van der Waals surface area (Å²) in [7, 11) is 0. The summed E-state index contributed by atoms with van der Waals surface area (Å²) < 4.78 is 20.4. The van der Waals surface area contributed by atoms with Crippen molar-refractivity contribution in [2.45, 2.75) is 18.6 Å². The van der Waals surface area contributed by atoms with Crippen LogP contribution in [0.4, 0.5) is 10.2 Å². The molecule has 164 valence electrons. The van der Waals surface area contributed by atoms with Gasteiger partial charge in [-0.1, -0.05) is 30.3 Å². The van der Waals surface area contributed by atoms with E-state index in [2.05, 4.69) is 27.2 Å². The van der Waals surface area contributed by atoms with Gasteiger partial charge in [-0.3, -0.25) is 4.79 Å². The molecule has 1 aliphatic heterocycles. The molecule has 0 aliphatic carbocycles. The average molecular weight is 465 g/mol. The van der Waals surface area contributed by atoms with Crippen LogP contribution in [0.2, 0.25) is 5.02 Å². The maximum atomic E-state index is 13.2. The maximum Gasteiger partial charge on any atom is 0.252 e. The van der Waals surface area contributed by atoms with Crippen molar-refractivity contribution in [3.05, 3.63) is 40.8 Å². The molecule has 0 radical (unpaired) electrons. The Kier molecular flexibility index (Phi) is 6.89. The molecule has 1 amide bonds. The topological polar surface area (TPSA) is 85.2 Å². The highest BCUT2D eigenvalue weighted by Crippen LogP contribution is 2.27. The Morgan fingerprint density at radius 1 is 1.32 bits per heavy atom. The normalized spacial score (nSPS) is 14.2. The second-order valence-electron chi connectivity index (χ2n) is 6.85. The summed E-state index contributed by atoms with van der Waals surface area (Å²) in [5.74, 6) is 0.863. The molecular weight excluding hydrogens is 443 g/mol. The van der Waals surface area contributed by atoms with Crippen molar-refractivity contribution in [2.24, 2.45) is 0 Å². The minimum Gasteiger partial charge on any atom is -0.378 e. The SMILES string of the molecule is CCSc1nc(N2CCOCC2)c2cnn(CCNC(=O)c3ccc(F)cc3Cl)c2n1. The van der Waals surface area contributed by atoms with E-state index in [1.165, 1.54) is 12.1 Å². The van der Waals surface area contributed by atoms with Crippen LogP contribution >= 0.6 is 23.4 Å². The summed E-state index contributed by atoms with van der Waals surface area (Å²) in [5.41, 5.74) is 0.952. The number of carbonyl (C=O) groups is 1. The Hall–Kier alpha value is -2.43. The van der Waals surface area contributed by atoms with Gasteiger partial charge in [-0.2, -0.15) is 5.10 Å². The van der Waals surface area contributed by atoms with Crippen molar-refractivity contribution in [1.29, 1.82) is 0 Å². The van der Waals surface area contributed by atoms with Crippen molar-refractivity contribution < 1.29 is 13.9 Å². The third-order valence-corrected chi connectivity index (χ3v) is 5.87. The first-order chi connectivity index (χ1) is 15.1. The highest BCUT2D eigenvalue weighted by Gasteiger charge is 2.20. The lowest BCUT2D eigenvalue weighted by atomic mass is 10.2. The highest BCUT2D eigenvalue weighted by molar-refractivity contribution is 7.99. The number of ether oxygens (including phenoxy) is 1. The number of anilines is 1. The molecule has 1 aromatic carbocycles. The van der Waals surface area contributed by atoms with Gasteiger partial charge in [0.15, 0.2) is 10.8 Å². The van der Waals surface area contributed by atoms with E-state index in [-0.39, 0.29) is 16.5 Å². The van der Waals surface area contributed by atoms with Gasteiger partial charge >= 0.3 is 0 Å². The molecule has 0 unspecified atom stereocenters. The van der Waals surface area contributed by atoms with Crippen LogP contribution in [0.5, 0.6) is 0 Å². The number of hydrogen-bond donors (Lipinski definition) is 1. The summed E-state index contributed by atoms with van der Waals surface area (Å²) in [6, 6.07) is 3.69. The molecule has 1 fully saturated rings. The van der Waals surface area contributed by atoms with Crippen molar-refractivity contribution in [3.8, 4) is 0 Å². The van der Waals surface area contributed by atoms with Gasteiger partial charge in [0.2, 0.25) is 0 Å². The van der Waals surface area contributed by atoms with Crippen LogP contribution in [-0.4, -0.2) is 64.3 Å². The molecular formula is C20H22ClFN6O2S. The maximum absolute atomic E-state index is 13.2. The summed E-state index contributed by atoms with van der Waals surface area (Å²) >= 11 is 7.54. The summed E-state index contributed by atoms with van der Waals surface area (Å²) in [4.78, 5) is 24.0. The van der Waals surface area contributed by atoms with Crippen LogP contribution in [0.15, 0.2) is 29.6 Å². The predicted octanol–water partition coefficient (Wildman–Crippen LogP) is 3.00. The van der Waals surface area contributed by atoms with E-state index in [0.717, 1.165) is 41.8 Å². The van der Waals surface area contributed by atoms with Crippen LogP contribution < -0.4 is 10.2 Å². The molecule has 3 heterocycles. The number of morpholine rings is 1. The van der Waals surface area contributed by atoms with Gasteiger partial charge in [0, 0.05) is 19.6 Å². The number of amides is 1. The molecule has 0 atom stereocenters. The number of aromatic nitrogens is 4. The number of benzene rings is 1. The van der Waals surface area contributed by atoms with Crippen molar-refractivity contribution in [3.63, 3.8) is 0 Å². The first kappa shape index (κ1) is 21.8. The second kappa shape index (κ2) is 9.80. The first-order valence-corrected chi connectivity index (χ1v) is 11.4. The number of nitrogens with zero attached hydrogens (tertiary/aromatic N) is 5. The fourth-order valence-electron chi connectivity index (χ4n) is 3.34. The zero-order valence-electron chi connectivity index (χ0n) is 17.0. The quantitative estimate of drug-likeness (QED) is 0.425. The van der Waals surface area contributed by atoms with Crippen LogP contribution in [-0.2, 0) is 11.3 Å². The Morgan fingerprint density at radius 3 is 2.87 bits per heavy atom. The van der Waals surface area contributed by atoms with Gasteiger partial charge < -0.3 is 15.0 Å². The van der Waals surface area contributed by atoms with E-state index >= 15 is 0 Å². The van der Waals surface area contributed by atoms with Gasteiger partial charge in [-0.25, -0.2) is 19.0 Å². The number of halogens is 2. The van der Waals surface area contributed by atoms with Gasteiger partial charge in [-0.15, -0.1) is 0 Å². The lowest BCUT2D eigenvalue weighted by molar-refractivity contribution is 0.0952. The van der Waals surface area contributed by atoms with Crippen LogP contribution in [0.1, 0.15) is 17.3 Å². The zero-order valence-corrected chi connectivity index (χ0v) is 18.5. The molecule has 1 N–H and O–H groups in total.